The zero-order valence-corrected chi connectivity index (χ0v) is 10.4. The largest absolute Gasteiger partial charge is 0.481 e. The fourth-order valence-electron chi connectivity index (χ4n) is 1.80. The van der Waals surface area contributed by atoms with Gasteiger partial charge in [-0.1, -0.05) is 48.3 Å². The van der Waals surface area contributed by atoms with E-state index in [1.165, 1.54) is 0 Å². The van der Waals surface area contributed by atoms with E-state index in [0.29, 0.717) is 18.6 Å². The second-order valence-corrected chi connectivity index (χ2v) is 4.22. The third kappa shape index (κ3) is 5.48. The van der Waals surface area contributed by atoms with Crippen LogP contribution in [0.1, 0.15) is 44.1 Å². The van der Waals surface area contributed by atoms with Gasteiger partial charge >= 0.3 is 5.97 Å². The molecule has 0 atom stereocenters. The van der Waals surface area contributed by atoms with Gasteiger partial charge in [-0.25, -0.2) is 0 Å². The summed E-state index contributed by atoms with van der Waals surface area (Å²) in [5, 5.41) is 20.8. The van der Waals surface area contributed by atoms with E-state index in [0.717, 1.165) is 24.8 Å². The Morgan fingerprint density at radius 1 is 1.00 bits per heavy atom. The molecule has 1 aromatic rings. The van der Waals surface area contributed by atoms with Crippen molar-refractivity contribution < 1.29 is 15.1 Å². The van der Waals surface area contributed by atoms with Gasteiger partial charge in [0.05, 0.1) is 5.71 Å². The number of hydrogen-bond donors (Lipinski definition) is 2. The third-order valence-electron chi connectivity index (χ3n) is 2.78. The standard InChI is InChI=1S/C14H19NO3/c16-14(17)11-7-2-1-6-10-13(15-18)12-8-4-3-5-9-12/h3-5,8-9,18H,1-2,6-7,10-11H2,(H,16,17). The molecule has 0 saturated carbocycles. The molecule has 4 heteroatoms. The molecule has 0 unspecified atom stereocenters. The summed E-state index contributed by atoms with van der Waals surface area (Å²) in [6.07, 6.45) is 4.44. The molecule has 2 N–H and O–H groups in total. The summed E-state index contributed by atoms with van der Waals surface area (Å²) in [4.78, 5) is 10.3. The summed E-state index contributed by atoms with van der Waals surface area (Å²) in [5.74, 6) is -0.739. The molecule has 0 saturated heterocycles. The van der Waals surface area contributed by atoms with Crippen LogP contribution in [0.4, 0.5) is 0 Å². The number of rotatable bonds is 8. The van der Waals surface area contributed by atoms with Gasteiger partial charge < -0.3 is 10.3 Å². The first-order chi connectivity index (χ1) is 8.74. The van der Waals surface area contributed by atoms with E-state index in [1.807, 2.05) is 30.3 Å². The van der Waals surface area contributed by atoms with Crippen molar-refractivity contribution in [3.63, 3.8) is 0 Å². The van der Waals surface area contributed by atoms with Crippen LogP contribution in [-0.4, -0.2) is 22.0 Å². The normalized spacial score (nSPS) is 11.4. The zero-order chi connectivity index (χ0) is 13.2. The van der Waals surface area contributed by atoms with Crippen LogP contribution >= 0.6 is 0 Å². The Bertz CT molecular complexity index is 387. The SMILES string of the molecule is O=C(O)CCCCCCC(=NO)c1ccccc1. The van der Waals surface area contributed by atoms with Gasteiger partial charge in [0.25, 0.3) is 0 Å². The lowest BCUT2D eigenvalue weighted by Gasteiger charge is -2.04. The molecule has 0 aliphatic rings. The molecule has 0 amide bonds. The molecule has 0 spiro atoms. The van der Waals surface area contributed by atoms with Crippen molar-refractivity contribution in [2.45, 2.75) is 38.5 Å². The Labute approximate surface area is 107 Å². The Balaban J connectivity index is 2.23. The highest BCUT2D eigenvalue weighted by Crippen LogP contribution is 2.10. The minimum atomic E-state index is -0.739. The lowest BCUT2D eigenvalue weighted by Crippen LogP contribution is -2.01. The van der Waals surface area contributed by atoms with E-state index in [9.17, 15) is 4.79 Å². The second kappa shape index (κ2) is 8.28. The van der Waals surface area contributed by atoms with E-state index in [1.54, 1.807) is 0 Å². The van der Waals surface area contributed by atoms with Crippen molar-refractivity contribution >= 4 is 11.7 Å². The summed E-state index contributed by atoms with van der Waals surface area (Å²) in [6, 6.07) is 9.57. The predicted octanol–water partition coefficient (Wildman–Crippen LogP) is 3.29. The maximum Gasteiger partial charge on any atom is 0.303 e. The molecule has 0 aromatic heterocycles. The maximum atomic E-state index is 10.3. The number of carbonyl (C=O) groups is 1. The van der Waals surface area contributed by atoms with E-state index < -0.39 is 5.97 Å². The quantitative estimate of drug-likeness (QED) is 0.321. The van der Waals surface area contributed by atoms with Gasteiger partial charge in [-0.15, -0.1) is 0 Å². The Morgan fingerprint density at radius 3 is 2.17 bits per heavy atom. The molecule has 18 heavy (non-hydrogen) atoms. The first kappa shape index (κ1) is 14.2. The lowest BCUT2D eigenvalue weighted by molar-refractivity contribution is -0.137. The Morgan fingerprint density at radius 2 is 1.61 bits per heavy atom. The van der Waals surface area contributed by atoms with Crippen LogP contribution in [-0.2, 0) is 4.79 Å². The smallest absolute Gasteiger partial charge is 0.303 e. The van der Waals surface area contributed by atoms with Crippen molar-refractivity contribution in [3.05, 3.63) is 35.9 Å². The van der Waals surface area contributed by atoms with Gasteiger partial charge in [0, 0.05) is 6.42 Å². The molecule has 0 bridgehead atoms. The van der Waals surface area contributed by atoms with Crippen LogP contribution in [0.25, 0.3) is 0 Å². The van der Waals surface area contributed by atoms with Gasteiger partial charge in [-0.2, -0.15) is 0 Å². The third-order valence-corrected chi connectivity index (χ3v) is 2.78. The first-order valence-corrected chi connectivity index (χ1v) is 6.22. The Kier molecular flexibility index (Phi) is 6.54. The summed E-state index contributed by atoms with van der Waals surface area (Å²) >= 11 is 0. The summed E-state index contributed by atoms with van der Waals surface area (Å²) < 4.78 is 0. The number of aliphatic carboxylic acids is 1. The fraction of sp³-hybridized carbons (Fsp3) is 0.429. The molecular weight excluding hydrogens is 230 g/mol. The van der Waals surface area contributed by atoms with Crippen LogP contribution in [0.2, 0.25) is 0 Å². The van der Waals surface area contributed by atoms with Crippen molar-refractivity contribution in [1.29, 1.82) is 0 Å². The van der Waals surface area contributed by atoms with Gasteiger partial charge in [-0.05, 0) is 24.8 Å². The number of carboxylic acid groups (broad SMARTS) is 1. The molecule has 0 fully saturated rings. The van der Waals surface area contributed by atoms with Gasteiger partial charge in [0.2, 0.25) is 0 Å². The highest BCUT2D eigenvalue weighted by Gasteiger charge is 2.03. The molecule has 1 rings (SSSR count). The number of benzene rings is 1. The molecule has 0 radical (unpaired) electrons. The molecule has 0 aliphatic carbocycles. The monoisotopic (exact) mass is 249 g/mol. The van der Waals surface area contributed by atoms with E-state index >= 15 is 0 Å². The van der Waals surface area contributed by atoms with Gasteiger partial charge in [0.1, 0.15) is 0 Å². The number of unbranched alkanes of at least 4 members (excludes halogenated alkanes) is 3. The highest BCUT2D eigenvalue weighted by atomic mass is 16.4. The zero-order valence-electron chi connectivity index (χ0n) is 10.4. The maximum absolute atomic E-state index is 10.3. The summed E-state index contributed by atoms with van der Waals surface area (Å²) in [7, 11) is 0. The average molecular weight is 249 g/mol. The minimum Gasteiger partial charge on any atom is -0.481 e. The van der Waals surface area contributed by atoms with E-state index in [2.05, 4.69) is 5.16 Å². The predicted molar refractivity (Wildman–Crippen MR) is 70.1 cm³/mol. The number of carboxylic acids is 1. The molecule has 1 aromatic carbocycles. The average Bonchev–Trinajstić information content (AvgIpc) is 2.38. The van der Waals surface area contributed by atoms with Crippen LogP contribution in [0.3, 0.4) is 0 Å². The van der Waals surface area contributed by atoms with Gasteiger partial charge in [0.15, 0.2) is 0 Å². The minimum absolute atomic E-state index is 0.236. The van der Waals surface area contributed by atoms with Gasteiger partial charge in [-0.3, -0.25) is 4.79 Å². The van der Waals surface area contributed by atoms with Crippen molar-refractivity contribution in [2.24, 2.45) is 5.16 Å². The van der Waals surface area contributed by atoms with Crippen LogP contribution in [0, 0.1) is 0 Å². The number of hydrogen-bond acceptors (Lipinski definition) is 3. The highest BCUT2D eigenvalue weighted by molar-refractivity contribution is 6.00. The summed E-state index contributed by atoms with van der Waals surface area (Å²) in [6.45, 7) is 0. The van der Waals surface area contributed by atoms with Crippen molar-refractivity contribution in [2.75, 3.05) is 0 Å². The second-order valence-electron chi connectivity index (χ2n) is 4.22. The van der Waals surface area contributed by atoms with Crippen LogP contribution < -0.4 is 0 Å². The molecular formula is C14H19NO3. The fourth-order valence-corrected chi connectivity index (χ4v) is 1.80. The van der Waals surface area contributed by atoms with Crippen LogP contribution in [0.5, 0.6) is 0 Å². The number of nitrogens with zero attached hydrogens (tertiary/aromatic N) is 1. The summed E-state index contributed by atoms with van der Waals surface area (Å²) in [5.41, 5.74) is 1.62. The number of oxime groups is 1. The first-order valence-electron chi connectivity index (χ1n) is 6.22. The van der Waals surface area contributed by atoms with Crippen LogP contribution in [0.15, 0.2) is 35.5 Å². The van der Waals surface area contributed by atoms with E-state index in [-0.39, 0.29) is 6.42 Å². The Hall–Kier alpha value is -1.84. The molecule has 4 nitrogen and oxygen atoms in total. The molecule has 0 heterocycles. The van der Waals surface area contributed by atoms with Crippen molar-refractivity contribution in [3.8, 4) is 0 Å². The molecule has 98 valence electrons. The lowest BCUT2D eigenvalue weighted by atomic mass is 10.0. The molecule has 0 aliphatic heterocycles. The topological polar surface area (TPSA) is 69.9 Å². The van der Waals surface area contributed by atoms with Crippen molar-refractivity contribution in [1.82, 2.24) is 0 Å². The van der Waals surface area contributed by atoms with E-state index in [4.69, 9.17) is 10.3 Å².